The van der Waals surface area contributed by atoms with E-state index in [0.29, 0.717) is 12.0 Å². The van der Waals surface area contributed by atoms with Crippen LogP contribution in [0.1, 0.15) is 38.2 Å². The van der Waals surface area contributed by atoms with Crippen molar-refractivity contribution in [3.8, 4) is 0 Å². The molecule has 0 spiro atoms. The Labute approximate surface area is 114 Å². The molecule has 106 valence electrons. The first kappa shape index (κ1) is 14.4. The highest BCUT2D eigenvalue weighted by atomic mass is 19.1. The summed E-state index contributed by atoms with van der Waals surface area (Å²) >= 11 is 0. The van der Waals surface area contributed by atoms with Crippen molar-refractivity contribution in [2.45, 2.75) is 45.1 Å². The van der Waals surface area contributed by atoms with Crippen molar-refractivity contribution in [2.24, 2.45) is 11.8 Å². The Kier molecular flexibility index (Phi) is 4.92. The lowest BCUT2D eigenvalue weighted by atomic mass is 9.74. The quantitative estimate of drug-likeness (QED) is 0.871. The number of halogens is 2. The van der Waals surface area contributed by atoms with E-state index in [9.17, 15) is 8.78 Å². The van der Waals surface area contributed by atoms with E-state index >= 15 is 0 Å². The fourth-order valence-electron chi connectivity index (χ4n) is 3.37. The molecule has 1 aromatic carbocycles. The third kappa shape index (κ3) is 3.75. The van der Waals surface area contributed by atoms with Gasteiger partial charge in [-0.05, 0) is 62.3 Å². The zero-order valence-electron chi connectivity index (χ0n) is 11.8. The summed E-state index contributed by atoms with van der Waals surface area (Å²) in [5.41, 5.74) is 0.777. The topological polar surface area (TPSA) is 12.0 Å². The molecule has 0 radical (unpaired) electrons. The Morgan fingerprint density at radius 3 is 2.42 bits per heavy atom. The van der Waals surface area contributed by atoms with E-state index in [-0.39, 0.29) is 0 Å². The van der Waals surface area contributed by atoms with Gasteiger partial charge in [-0.25, -0.2) is 8.78 Å². The molecule has 2 rings (SSSR count). The molecule has 0 saturated heterocycles. The molecule has 0 aromatic heterocycles. The van der Waals surface area contributed by atoms with Gasteiger partial charge in [0.2, 0.25) is 0 Å². The Hall–Kier alpha value is -0.960. The molecule has 0 bridgehead atoms. The van der Waals surface area contributed by atoms with Crippen molar-refractivity contribution in [2.75, 3.05) is 7.05 Å². The maximum absolute atomic E-state index is 13.2. The van der Waals surface area contributed by atoms with Crippen LogP contribution in [0.5, 0.6) is 0 Å². The third-order valence-electron chi connectivity index (χ3n) is 4.46. The minimum atomic E-state index is -0.473. The molecule has 3 atom stereocenters. The van der Waals surface area contributed by atoms with Crippen LogP contribution in [0.15, 0.2) is 18.2 Å². The summed E-state index contributed by atoms with van der Waals surface area (Å²) in [6, 6.07) is 4.33. The summed E-state index contributed by atoms with van der Waals surface area (Å²) in [6.07, 6.45) is 5.54. The van der Waals surface area contributed by atoms with Crippen LogP contribution < -0.4 is 5.32 Å². The van der Waals surface area contributed by atoms with Gasteiger partial charge >= 0.3 is 0 Å². The third-order valence-corrected chi connectivity index (χ3v) is 4.46. The molecule has 1 nitrogen and oxygen atoms in total. The van der Waals surface area contributed by atoms with Crippen molar-refractivity contribution in [3.05, 3.63) is 35.4 Å². The largest absolute Gasteiger partial charge is 0.317 e. The van der Waals surface area contributed by atoms with Gasteiger partial charge in [0.05, 0.1) is 0 Å². The van der Waals surface area contributed by atoms with E-state index in [1.807, 2.05) is 7.05 Å². The van der Waals surface area contributed by atoms with Gasteiger partial charge in [0.1, 0.15) is 11.6 Å². The number of nitrogens with one attached hydrogen (secondary N) is 1. The summed E-state index contributed by atoms with van der Waals surface area (Å²) in [7, 11) is 1.98. The Bertz CT molecular complexity index is 399. The summed E-state index contributed by atoms with van der Waals surface area (Å²) in [6.45, 7) is 2.23. The molecular weight excluding hydrogens is 244 g/mol. The lowest BCUT2D eigenvalue weighted by molar-refractivity contribution is 0.205. The zero-order chi connectivity index (χ0) is 13.8. The molecule has 1 aliphatic rings. The van der Waals surface area contributed by atoms with Gasteiger partial charge in [0.15, 0.2) is 0 Å². The van der Waals surface area contributed by atoms with Gasteiger partial charge in [-0.2, -0.15) is 0 Å². The second kappa shape index (κ2) is 6.47. The average molecular weight is 267 g/mol. The smallest absolute Gasteiger partial charge is 0.126 e. The molecule has 1 aromatic rings. The zero-order valence-corrected chi connectivity index (χ0v) is 11.8. The minimum Gasteiger partial charge on any atom is -0.317 e. The maximum atomic E-state index is 13.2. The molecule has 0 heterocycles. The highest BCUT2D eigenvalue weighted by Crippen LogP contribution is 2.33. The molecule has 1 fully saturated rings. The van der Waals surface area contributed by atoms with Crippen molar-refractivity contribution >= 4 is 0 Å². The number of hydrogen-bond acceptors (Lipinski definition) is 1. The van der Waals surface area contributed by atoms with Crippen LogP contribution in [-0.2, 0) is 6.42 Å². The van der Waals surface area contributed by atoms with Gasteiger partial charge in [0.25, 0.3) is 0 Å². The highest BCUT2D eigenvalue weighted by Gasteiger charge is 2.28. The van der Waals surface area contributed by atoms with E-state index in [0.717, 1.165) is 36.8 Å². The highest BCUT2D eigenvalue weighted by molar-refractivity contribution is 5.19. The van der Waals surface area contributed by atoms with Gasteiger partial charge in [-0.15, -0.1) is 0 Å². The number of hydrogen-bond donors (Lipinski definition) is 1. The van der Waals surface area contributed by atoms with Crippen molar-refractivity contribution in [1.29, 1.82) is 0 Å². The molecule has 3 unspecified atom stereocenters. The molecule has 1 aliphatic carbocycles. The Morgan fingerprint density at radius 1 is 1.16 bits per heavy atom. The first-order valence-corrected chi connectivity index (χ1v) is 7.24. The summed E-state index contributed by atoms with van der Waals surface area (Å²) < 4.78 is 26.5. The lowest BCUT2D eigenvalue weighted by Gasteiger charge is -2.36. The second-order valence-corrected chi connectivity index (χ2v) is 5.72. The Morgan fingerprint density at radius 2 is 1.84 bits per heavy atom. The van der Waals surface area contributed by atoms with Crippen LogP contribution in [0.4, 0.5) is 8.78 Å². The van der Waals surface area contributed by atoms with E-state index in [1.165, 1.54) is 25.0 Å². The standard InChI is InChI=1S/C16H23F2N/c1-3-11-4-5-16(19-2)13(6-11)7-12-8-14(17)10-15(18)9-12/h8-11,13,16,19H,3-7H2,1-2H3. The van der Waals surface area contributed by atoms with Crippen LogP contribution >= 0.6 is 0 Å². The number of rotatable bonds is 4. The Balaban J connectivity index is 2.09. The van der Waals surface area contributed by atoms with Crippen LogP contribution in [0.3, 0.4) is 0 Å². The molecule has 0 aliphatic heterocycles. The average Bonchev–Trinajstić information content (AvgIpc) is 2.37. The minimum absolute atomic E-state index is 0.467. The molecule has 1 saturated carbocycles. The van der Waals surface area contributed by atoms with E-state index < -0.39 is 11.6 Å². The molecule has 19 heavy (non-hydrogen) atoms. The SMILES string of the molecule is CCC1CCC(NC)C(Cc2cc(F)cc(F)c2)C1. The van der Waals surface area contributed by atoms with Crippen LogP contribution in [0, 0.1) is 23.5 Å². The first-order chi connectivity index (χ1) is 9.12. The molecule has 0 amide bonds. The van der Waals surface area contributed by atoms with Crippen molar-refractivity contribution in [3.63, 3.8) is 0 Å². The lowest BCUT2D eigenvalue weighted by Crippen LogP contribution is -2.39. The van der Waals surface area contributed by atoms with Gasteiger partial charge in [0, 0.05) is 12.1 Å². The molecular formula is C16H23F2N. The van der Waals surface area contributed by atoms with Gasteiger partial charge in [-0.1, -0.05) is 13.3 Å². The van der Waals surface area contributed by atoms with Crippen LogP contribution in [0.25, 0.3) is 0 Å². The van der Waals surface area contributed by atoms with Crippen molar-refractivity contribution in [1.82, 2.24) is 5.32 Å². The second-order valence-electron chi connectivity index (χ2n) is 5.72. The van der Waals surface area contributed by atoms with Crippen molar-refractivity contribution < 1.29 is 8.78 Å². The number of benzene rings is 1. The molecule has 1 N–H and O–H groups in total. The molecule has 3 heteroatoms. The monoisotopic (exact) mass is 267 g/mol. The van der Waals surface area contributed by atoms with Crippen LogP contribution in [0.2, 0.25) is 0 Å². The van der Waals surface area contributed by atoms with Gasteiger partial charge in [-0.3, -0.25) is 0 Å². The summed E-state index contributed by atoms with van der Waals surface area (Å²) in [4.78, 5) is 0. The fraction of sp³-hybridized carbons (Fsp3) is 0.625. The van der Waals surface area contributed by atoms with Gasteiger partial charge < -0.3 is 5.32 Å². The summed E-state index contributed by atoms with van der Waals surface area (Å²) in [5, 5.41) is 3.36. The van der Waals surface area contributed by atoms with Crippen LogP contribution in [-0.4, -0.2) is 13.1 Å². The summed E-state index contributed by atoms with van der Waals surface area (Å²) in [5.74, 6) is 0.288. The van der Waals surface area contributed by atoms with E-state index in [4.69, 9.17) is 0 Å². The van der Waals surface area contributed by atoms with E-state index in [1.54, 1.807) is 0 Å². The first-order valence-electron chi connectivity index (χ1n) is 7.24. The maximum Gasteiger partial charge on any atom is 0.126 e. The van der Waals surface area contributed by atoms with E-state index in [2.05, 4.69) is 12.2 Å². The normalized spacial score (nSPS) is 27.5. The predicted molar refractivity (Wildman–Crippen MR) is 74.0 cm³/mol. The fourth-order valence-corrected chi connectivity index (χ4v) is 3.37. The predicted octanol–water partition coefficient (Wildman–Crippen LogP) is 3.92.